The van der Waals surface area contributed by atoms with E-state index in [1.54, 1.807) is 0 Å². The molecule has 2 rings (SSSR count). The second kappa shape index (κ2) is 4.84. The van der Waals surface area contributed by atoms with Gasteiger partial charge in [0.05, 0.1) is 19.3 Å². The molecule has 0 aromatic heterocycles. The number of likely N-dealkylation sites (tertiary alicyclic amines) is 1. The summed E-state index contributed by atoms with van der Waals surface area (Å²) < 4.78 is 30.9. The van der Waals surface area contributed by atoms with Crippen molar-refractivity contribution in [2.75, 3.05) is 0 Å². The first-order valence-electron chi connectivity index (χ1n) is 5.58. The molecule has 0 aromatic carbocycles. The second-order valence-corrected chi connectivity index (χ2v) is 5.62. The molecule has 0 aromatic rings. The van der Waals surface area contributed by atoms with Crippen LogP contribution in [0, 0.1) is 6.42 Å². The molecule has 2 aliphatic rings. The molecule has 20 heavy (non-hydrogen) atoms. The summed E-state index contributed by atoms with van der Waals surface area (Å²) in [6.45, 7) is 0. The fourth-order valence-corrected chi connectivity index (χ4v) is 3.35. The molecule has 0 saturated carbocycles. The fourth-order valence-electron chi connectivity index (χ4n) is 2.26. The lowest BCUT2D eigenvalue weighted by Crippen LogP contribution is -2.55. The molecule has 10 heteroatoms. The average molecular weight is 298 g/mol. The minimum absolute atomic E-state index is 0.0821. The first kappa shape index (κ1) is 14.4. The van der Waals surface area contributed by atoms with Gasteiger partial charge in [-0.2, -0.15) is 0 Å². The van der Waals surface area contributed by atoms with Gasteiger partial charge in [0.25, 0.3) is 0 Å². The molecule has 1 fully saturated rings. The maximum atomic E-state index is 11.9. The maximum Gasteiger partial charge on any atom is 0.452 e. The van der Waals surface area contributed by atoms with Crippen molar-refractivity contribution in [1.29, 1.82) is 0 Å². The molecule has 0 spiro atoms. The van der Waals surface area contributed by atoms with Crippen molar-refractivity contribution in [2.45, 2.75) is 19.3 Å². The predicted molar refractivity (Wildman–Crippen MR) is 65.3 cm³/mol. The summed E-state index contributed by atoms with van der Waals surface area (Å²) in [7, 11) is -5.02. The highest BCUT2D eigenvalue weighted by Crippen LogP contribution is 2.37. The van der Waals surface area contributed by atoms with Crippen LogP contribution in [0.25, 0.3) is 10.4 Å². The third kappa shape index (κ3) is 1.95. The van der Waals surface area contributed by atoms with Gasteiger partial charge in [-0.25, -0.2) is 14.1 Å². The number of quaternary nitrogens is 1. The Hall–Kier alpha value is -2.00. The second-order valence-electron chi connectivity index (χ2n) is 4.17. The predicted octanol–water partition coefficient (Wildman–Crippen LogP) is 1.14. The number of rotatable bonds is 3. The van der Waals surface area contributed by atoms with E-state index < -0.39 is 26.0 Å². The Balaban J connectivity index is 2.67. The van der Waals surface area contributed by atoms with Crippen LogP contribution in [0.15, 0.2) is 28.7 Å². The van der Waals surface area contributed by atoms with Gasteiger partial charge in [-0.1, -0.05) is 11.2 Å². The van der Waals surface area contributed by atoms with Gasteiger partial charge in [-0.3, -0.25) is 0 Å². The number of hydrogen-bond donors (Lipinski definition) is 1. The highest BCUT2D eigenvalue weighted by Gasteiger charge is 2.62. The lowest BCUT2D eigenvalue weighted by atomic mass is 10.1. The highest BCUT2D eigenvalue weighted by atomic mass is 32.2. The van der Waals surface area contributed by atoms with E-state index in [2.05, 4.69) is 10.0 Å². The molecule has 9 nitrogen and oxygen atoms in total. The SMILES string of the molecule is [N-]=[N+]=NC1=CC[CH]C([N+]2(S(=O)(=O)O)C(=O)CCC2=O)=C1. The number of hydrogen-bond acceptors (Lipinski definition) is 5. The molecule has 0 unspecified atom stereocenters. The molecule has 1 aliphatic heterocycles. The van der Waals surface area contributed by atoms with E-state index in [1.165, 1.54) is 12.5 Å². The van der Waals surface area contributed by atoms with Crippen molar-refractivity contribution in [3.63, 3.8) is 0 Å². The van der Waals surface area contributed by atoms with E-state index >= 15 is 0 Å². The Kier molecular flexibility index (Phi) is 3.48. The van der Waals surface area contributed by atoms with E-state index in [4.69, 9.17) is 5.53 Å². The van der Waals surface area contributed by atoms with Crippen LogP contribution in [0.5, 0.6) is 0 Å². The van der Waals surface area contributed by atoms with Crippen molar-refractivity contribution in [3.05, 3.63) is 40.4 Å². The minimum Gasteiger partial charge on any atom is -0.240 e. The van der Waals surface area contributed by atoms with Gasteiger partial charge < -0.3 is 0 Å². The van der Waals surface area contributed by atoms with Gasteiger partial charge in [-0.05, 0) is 15.8 Å². The minimum atomic E-state index is -5.02. The third-order valence-electron chi connectivity index (χ3n) is 3.07. The zero-order valence-corrected chi connectivity index (χ0v) is 10.9. The topological polar surface area (TPSA) is 137 Å². The highest BCUT2D eigenvalue weighted by molar-refractivity contribution is 7.81. The third-order valence-corrected chi connectivity index (χ3v) is 4.39. The Morgan fingerprint density at radius 1 is 1.30 bits per heavy atom. The molecule has 1 aliphatic carbocycles. The number of nitrogens with zero attached hydrogens (tertiary/aromatic N) is 4. The van der Waals surface area contributed by atoms with E-state index in [9.17, 15) is 22.6 Å². The molecule has 1 saturated heterocycles. The van der Waals surface area contributed by atoms with E-state index in [0.717, 1.165) is 6.08 Å². The number of azide groups is 1. The van der Waals surface area contributed by atoms with Gasteiger partial charge in [-0.15, -0.1) is 8.42 Å². The van der Waals surface area contributed by atoms with Crippen LogP contribution < -0.4 is 0 Å². The van der Waals surface area contributed by atoms with Crippen LogP contribution >= 0.6 is 0 Å². The lowest BCUT2D eigenvalue weighted by molar-refractivity contribution is -0.602. The number of allylic oxidation sites excluding steroid dienone is 3. The summed E-state index contributed by atoms with van der Waals surface area (Å²) in [5.41, 5.74) is 8.23. The zero-order valence-electron chi connectivity index (χ0n) is 10.1. The van der Waals surface area contributed by atoms with Crippen LogP contribution in [-0.4, -0.2) is 28.7 Å². The normalized spacial score (nSPS) is 22.1. The molecule has 0 atom stereocenters. The van der Waals surface area contributed by atoms with Gasteiger partial charge in [0.15, 0.2) is 0 Å². The van der Waals surface area contributed by atoms with E-state index in [1.807, 2.05) is 0 Å². The molecule has 105 valence electrons. The van der Waals surface area contributed by atoms with Crippen molar-refractivity contribution >= 4 is 22.1 Å². The van der Waals surface area contributed by atoms with Crippen molar-refractivity contribution in [3.8, 4) is 0 Å². The lowest BCUT2D eigenvalue weighted by Gasteiger charge is -2.26. The Bertz CT molecular complexity index is 683. The van der Waals surface area contributed by atoms with Crippen LogP contribution in [0.4, 0.5) is 0 Å². The number of carbonyl (C=O) groups is 2. The largest absolute Gasteiger partial charge is 0.452 e. The summed E-state index contributed by atoms with van der Waals surface area (Å²) in [5.74, 6) is -1.86. The Morgan fingerprint density at radius 3 is 2.40 bits per heavy atom. The molecule has 1 N–H and O–H groups in total. The molecule has 1 heterocycles. The van der Waals surface area contributed by atoms with Crippen LogP contribution in [0.1, 0.15) is 19.3 Å². The van der Waals surface area contributed by atoms with E-state index in [0.29, 0.717) is 0 Å². The molecular formula is C10H10N4O5S+. The van der Waals surface area contributed by atoms with Gasteiger partial charge in [0, 0.05) is 16.7 Å². The summed E-state index contributed by atoms with van der Waals surface area (Å²) in [4.78, 5) is 26.4. The summed E-state index contributed by atoms with van der Waals surface area (Å²) in [5, 5.41) is 3.30. The van der Waals surface area contributed by atoms with Crippen LogP contribution in [-0.2, 0) is 19.9 Å². The van der Waals surface area contributed by atoms with Crippen molar-refractivity contribution in [1.82, 2.24) is 0 Å². The standard InChI is InChI=1S/C10H9N4O5S/c11-13-12-7-2-1-3-8(6-7)14(20(17,18)19)9(15)4-5-10(14)16/h2-3,6H,1,4-5H2/p+1. The monoisotopic (exact) mass is 298 g/mol. The smallest absolute Gasteiger partial charge is 0.240 e. The number of carbonyl (C=O) groups excluding carboxylic acids is 2. The van der Waals surface area contributed by atoms with Crippen molar-refractivity contribution < 1.29 is 26.4 Å². The zero-order chi connectivity index (χ0) is 15.0. The summed E-state index contributed by atoms with van der Waals surface area (Å²) in [6, 6.07) is 0. The number of imide groups is 1. The van der Waals surface area contributed by atoms with Crippen LogP contribution in [0.2, 0.25) is 0 Å². The van der Waals surface area contributed by atoms with Gasteiger partial charge in [0.1, 0.15) is 5.70 Å². The van der Waals surface area contributed by atoms with Crippen molar-refractivity contribution in [2.24, 2.45) is 5.11 Å². The summed E-state index contributed by atoms with van der Waals surface area (Å²) >= 11 is 0. The first-order chi connectivity index (χ1) is 9.34. The van der Waals surface area contributed by atoms with Gasteiger partial charge in [0.2, 0.25) is 0 Å². The quantitative estimate of drug-likeness (QED) is 0.208. The molecule has 0 bridgehead atoms. The Morgan fingerprint density at radius 2 is 1.90 bits per heavy atom. The number of amides is 2. The Labute approximate surface area is 114 Å². The summed E-state index contributed by atoms with van der Waals surface area (Å²) in [6.07, 6.45) is 3.56. The average Bonchev–Trinajstić information content (AvgIpc) is 2.66. The van der Waals surface area contributed by atoms with Gasteiger partial charge >= 0.3 is 22.1 Å². The molecule has 2 amide bonds. The molecular weight excluding hydrogens is 288 g/mol. The van der Waals surface area contributed by atoms with Crippen LogP contribution in [0.3, 0.4) is 0 Å². The fraction of sp³-hybridized carbons (Fsp3) is 0.300. The van der Waals surface area contributed by atoms with E-state index in [-0.39, 0.29) is 30.7 Å². The maximum absolute atomic E-state index is 11.9. The molecule has 1 radical (unpaired) electrons. The first-order valence-corrected chi connectivity index (χ1v) is 6.98.